The smallest absolute Gasteiger partial charge is 0.295 e. The fourth-order valence-corrected chi connectivity index (χ4v) is 3.28. The average molecular weight is 376 g/mol. The summed E-state index contributed by atoms with van der Waals surface area (Å²) in [6, 6.07) is 7.22. The van der Waals surface area contributed by atoms with Gasteiger partial charge in [-0.3, -0.25) is 9.59 Å². The quantitative estimate of drug-likeness (QED) is 0.488. The summed E-state index contributed by atoms with van der Waals surface area (Å²) in [4.78, 5) is 26.6. The van der Waals surface area contributed by atoms with Crippen LogP contribution in [0.2, 0.25) is 5.02 Å². The van der Waals surface area contributed by atoms with Crippen molar-refractivity contribution in [2.24, 2.45) is 0 Å². The minimum Gasteiger partial charge on any atom is -0.507 e. The van der Waals surface area contributed by atoms with Crippen LogP contribution in [0.5, 0.6) is 5.75 Å². The number of aliphatic hydroxyl groups excluding tert-OH is 1. The van der Waals surface area contributed by atoms with Crippen LogP contribution in [0, 0.1) is 0 Å². The van der Waals surface area contributed by atoms with E-state index in [4.69, 9.17) is 20.8 Å². The molecule has 1 atom stereocenters. The van der Waals surface area contributed by atoms with Crippen LogP contribution in [0.25, 0.3) is 5.76 Å². The Bertz CT molecular complexity index is 872. The molecule has 3 rings (SSSR count). The number of methoxy groups -OCH3 is 1. The number of hydrogen-bond donors (Lipinski definition) is 1. The molecule has 1 aliphatic rings. The predicted molar refractivity (Wildman–Crippen MR) is 96.0 cm³/mol. The van der Waals surface area contributed by atoms with E-state index in [2.05, 4.69) is 0 Å². The van der Waals surface area contributed by atoms with Gasteiger partial charge in [0, 0.05) is 11.6 Å². The first-order valence-corrected chi connectivity index (χ1v) is 8.53. The lowest BCUT2D eigenvalue weighted by Crippen LogP contribution is -2.30. The Morgan fingerprint density at radius 3 is 2.73 bits per heavy atom. The van der Waals surface area contributed by atoms with E-state index in [-0.39, 0.29) is 16.9 Å². The van der Waals surface area contributed by atoms with Crippen molar-refractivity contribution >= 4 is 29.1 Å². The van der Waals surface area contributed by atoms with Crippen molar-refractivity contribution in [2.45, 2.75) is 19.4 Å². The predicted octanol–water partition coefficient (Wildman–Crippen LogP) is 3.77. The van der Waals surface area contributed by atoms with E-state index in [1.54, 1.807) is 24.3 Å². The Morgan fingerprint density at radius 2 is 2.12 bits per heavy atom. The number of nitrogens with zero attached hydrogens (tertiary/aromatic N) is 1. The van der Waals surface area contributed by atoms with Gasteiger partial charge >= 0.3 is 0 Å². The molecular formula is C19H18ClNO5. The maximum absolute atomic E-state index is 12.7. The van der Waals surface area contributed by atoms with Crippen LogP contribution in [0.1, 0.15) is 30.7 Å². The number of rotatable bonds is 5. The summed E-state index contributed by atoms with van der Waals surface area (Å²) in [5.41, 5.74) is 0.199. The zero-order chi connectivity index (χ0) is 18.8. The minimum atomic E-state index is -0.798. The van der Waals surface area contributed by atoms with Gasteiger partial charge in [0.25, 0.3) is 11.7 Å². The van der Waals surface area contributed by atoms with Crippen LogP contribution >= 0.6 is 11.6 Å². The molecule has 0 bridgehead atoms. The average Bonchev–Trinajstić information content (AvgIpc) is 3.24. The van der Waals surface area contributed by atoms with Gasteiger partial charge in [0.15, 0.2) is 0 Å². The second-order valence-corrected chi connectivity index (χ2v) is 6.29. The van der Waals surface area contributed by atoms with E-state index >= 15 is 0 Å². The summed E-state index contributed by atoms with van der Waals surface area (Å²) in [7, 11) is 1.44. The molecular weight excluding hydrogens is 358 g/mol. The zero-order valence-corrected chi connectivity index (χ0v) is 15.1. The Morgan fingerprint density at radius 1 is 1.35 bits per heavy atom. The number of furan rings is 1. The molecule has 1 aromatic carbocycles. The summed E-state index contributed by atoms with van der Waals surface area (Å²) < 4.78 is 10.7. The Labute approximate surface area is 155 Å². The maximum Gasteiger partial charge on any atom is 0.295 e. The molecule has 2 aromatic rings. The fraction of sp³-hybridized carbons (Fsp3) is 0.263. The Balaban J connectivity index is 2.22. The van der Waals surface area contributed by atoms with E-state index < -0.39 is 17.7 Å². The Hall–Kier alpha value is -2.73. The van der Waals surface area contributed by atoms with Gasteiger partial charge in [0.05, 0.1) is 24.5 Å². The molecule has 0 spiro atoms. The molecule has 136 valence electrons. The molecule has 1 fully saturated rings. The molecule has 0 aliphatic carbocycles. The summed E-state index contributed by atoms with van der Waals surface area (Å²) >= 11 is 6.03. The van der Waals surface area contributed by atoms with Crippen molar-refractivity contribution in [1.82, 2.24) is 4.90 Å². The number of carbonyl (C=O) groups is 2. The molecule has 1 unspecified atom stereocenters. The zero-order valence-electron chi connectivity index (χ0n) is 14.4. The Kier molecular flexibility index (Phi) is 5.04. The van der Waals surface area contributed by atoms with E-state index in [0.29, 0.717) is 29.5 Å². The highest BCUT2D eigenvalue weighted by molar-refractivity contribution is 6.46. The minimum absolute atomic E-state index is 0.0426. The third-order valence-corrected chi connectivity index (χ3v) is 4.47. The summed E-state index contributed by atoms with van der Waals surface area (Å²) in [5, 5.41) is 11.3. The van der Waals surface area contributed by atoms with Crippen molar-refractivity contribution in [3.8, 4) is 5.75 Å². The molecule has 1 amide bonds. The second kappa shape index (κ2) is 7.25. The largest absolute Gasteiger partial charge is 0.507 e. The maximum atomic E-state index is 12.7. The number of ketones is 1. The van der Waals surface area contributed by atoms with Gasteiger partial charge in [-0.15, -0.1) is 0 Å². The number of hydrogen-bond acceptors (Lipinski definition) is 5. The lowest BCUT2D eigenvalue weighted by molar-refractivity contribution is -0.140. The summed E-state index contributed by atoms with van der Waals surface area (Å²) in [6.45, 7) is 2.26. The number of halogens is 1. The van der Waals surface area contributed by atoms with Crippen molar-refractivity contribution in [2.75, 3.05) is 13.7 Å². The molecule has 7 heteroatoms. The van der Waals surface area contributed by atoms with Crippen LogP contribution in [0.15, 0.2) is 46.6 Å². The van der Waals surface area contributed by atoms with Gasteiger partial charge in [-0.1, -0.05) is 18.5 Å². The molecule has 0 saturated carbocycles. The van der Waals surface area contributed by atoms with Crippen LogP contribution in [-0.4, -0.2) is 35.4 Å². The van der Waals surface area contributed by atoms with Gasteiger partial charge in [0.2, 0.25) is 0 Å². The van der Waals surface area contributed by atoms with Crippen LogP contribution in [-0.2, 0) is 9.59 Å². The van der Waals surface area contributed by atoms with E-state index in [0.717, 1.165) is 0 Å². The number of likely N-dealkylation sites (tertiary alicyclic amines) is 1. The lowest BCUT2D eigenvalue weighted by atomic mass is 9.98. The highest BCUT2D eigenvalue weighted by Gasteiger charge is 2.47. The molecule has 1 saturated heterocycles. The highest BCUT2D eigenvalue weighted by Crippen LogP contribution is 2.41. The third-order valence-electron chi connectivity index (χ3n) is 4.23. The lowest BCUT2D eigenvalue weighted by Gasteiger charge is -2.22. The van der Waals surface area contributed by atoms with Gasteiger partial charge in [-0.25, -0.2) is 0 Å². The summed E-state index contributed by atoms with van der Waals surface area (Å²) in [5.74, 6) is -1.04. The molecule has 1 aliphatic heterocycles. The number of amides is 1. The number of Topliss-reactive ketones (excluding diaryl/α,β-unsaturated/α-hetero) is 1. The number of carbonyl (C=O) groups excluding carboxylic acids is 2. The van der Waals surface area contributed by atoms with E-state index in [1.165, 1.54) is 24.3 Å². The SMILES string of the molecule is CCCN1C(=O)C(=O)/C(=C(\O)c2cc(Cl)ccc2OC)C1c1ccco1. The monoisotopic (exact) mass is 375 g/mol. The molecule has 1 aromatic heterocycles. The van der Waals surface area contributed by atoms with Gasteiger partial charge in [-0.05, 0) is 36.8 Å². The van der Waals surface area contributed by atoms with Gasteiger partial charge in [-0.2, -0.15) is 0 Å². The molecule has 26 heavy (non-hydrogen) atoms. The standard InChI is InChI=1S/C19H18ClNO5/c1-3-8-21-16(14-5-4-9-26-14)15(18(23)19(21)24)17(22)12-10-11(20)6-7-13(12)25-2/h4-7,9-10,16,22H,3,8H2,1-2H3/b17-15-. The molecule has 2 heterocycles. The van der Waals surface area contributed by atoms with Crippen molar-refractivity contribution < 1.29 is 23.8 Å². The number of aliphatic hydroxyl groups is 1. The normalized spacial score (nSPS) is 19.2. The van der Waals surface area contributed by atoms with E-state index in [1.807, 2.05) is 6.92 Å². The van der Waals surface area contributed by atoms with Gasteiger partial charge in [0.1, 0.15) is 23.3 Å². The molecule has 1 N–H and O–H groups in total. The second-order valence-electron chi connectivity index (χ2n) is 5.85. The molecule has 6 nitrogen and oxygen atoms in total. The highest BCUT2D eigenvalue weighted by atomic mass is 35.5. The molecule has 0 radical (unpaired) electrons. The first kappa shape index (κ1) is 18.1. The first-order chi connectivity index (χ1) is 12.5. The number of ether oxygens (including phenoxy) is 1. The van der Waals surface area contributed by atoms with Crippen LogP contribution in [0.4, 0.5) is 0 Å². The number of benzene rings is 1. The van der Waals surface area contributed by atoms with Gasteiger partial charge < -0.3 is 19.2 Å². The topological polar surface area (TPSA) is 80.0 Å². The summed E-state index contributed by atoms with van der Waals surface area (Å²) in [6.07, 6.45) is 2.12. The fourth-order valence-electron chi connectivity index (χ4n) is 3.10. The third kappa shape index (κ3) is 2.97. The van der Waals surface area contributed by atoms with Crippen molar-refractivity contribution in [3.63, 3.8) is 0 Å². The van der Waals surface area contributed by atoms with E-state index in [9.17, 15) is 14.7 Å². The van der Waals surface area contributed by atoms with Crippen LogP contribution < -0.4 is 4.74 Å². The van der Waals surface area contributed by atoms with Crippen molar-refractivity contribution in [1.29, 1.82) is 0 Å². The van der Waals surface area contributed by atoms with Crippen molar-refractivity contribution in [3.05, 3.63) is 58.5 Å². The first-order valence-electron chi connectivity index (χ1n) is 8.15. The van der Waals surface area contributed by atoms with Crippen LogP contribution in [0.3, 0.4) is 0 Å².